The number of carbonyl (C=O) groups excluding carboxylic acids is 1. The van der Waals surface area contributed by atoms with Crippen LogP contribution in [0.1, 0.15) is 33.7 Å². The fourth-order valence-electron chi connectivity index (χ4n) is 4.55. The quantitative estimate of drug-likeness (QED) is 0.279. The molecule has 1 heterocycles. The molecule has 0 spiro atoms. The van der Waals surface area contributed by atoms with Gasteiger partial charge in [-0.25, -0.2) is 9.64 Å². The Labute approximate surface area is 219 Å². The molecule has 0 bridgehead atoms. The molecule has 1 amide bonds. The first-order valence-electron chi connectivity index (χ1n) is 11.4. The van der Waals surface area contributed by atoms with Gasteiger partial charge in [-0.15, -0.1) is 0 Å². The number of nitrogens with zero attached hydrogens (tertiary/aromatic N) is 2. The average Bonchev–Trinajstić information content (AvgIpc) is 2.89. The van der Waals surface area contributed by atoms with Crippen LogP contribution in [0.15, 0.2) is 72.9 Å². The number of rotatable bonds is 4. The van der Waals surface area contributed by atoms with E-state index in [1.807, 2.05) is 61.5 Å². The van der Waals surface area contributed by atoms with Crippen molar-refractivity contribution in [3.05, 3.63) is 122 Å². The summed E-state index contributed by atoms with van der Waals surface area (Å²) in [4.78, 5) is 20.7. The van der Waals surface area contributed by atoms with Crippen LogP contribution < -0.4 is 5.32 Å². The van der Waals surface area contributed by atoms with Gasteiger partial charge in [0.1, 0.15) is 12.4 Å². The Balaban J connectivity index is 1.46. The van der Waals surface area contributed by atoms with Gasteiger partial charge < -0.3 is 4.74 Å². The number of halogens is 2. The van der Waals surface area contributed by atoms with Gasteiger partial charge in [0, 0.05) is 12.1 Å². The molecular formula is C29H21Cl2N3O2. The van der Waals surface area contributed by atoms with Crippen LogP contribution in [0.2, 0.25) is 10.0 Å². The Kier molecular flexibility index (Phi) is 6.65. The highest BCUT2D eigenvalue weighted by Crippen LogP contribution is 2.48. The van der Waals surface area contributed by atoms with E-state index in [2.05, 4.69) is 21.2 Å². The van der Waals surface area contributed by atoms with Crippen LogP contribution in [-0.2, 0) is 17.8 Å². The van der Waals surface area contributed by atoms with E-state index in [9.17, 15) is 4.79 Å². The first kappa shape index (κ1) is 23.9. The van der Waals surface area contributed by atoms with Crippen molar-refractivity contribution >= 4 is 40.8 Å². The molecule has 3 aromatic carbocycles. The van der Waals surface area contributed by atoms with E-state index in [4.69, 9.17) is 34.5 Å². The minimum absolute atomic E-state index is 0.0298. The Morgan fingerprint density at radius 1 is 1.11 bits per heavy atom. The first-order chi connectivity index (χ1) is 17.4. The molecule has 5 nitrogen and oxygen atoms in total. The number of aryl methyl sites for hydroxylation is 1. The van der Waals surface area contributed by atoms with Crippen LogP contribution in [0.5, 0.6) is 0 Å². The van der Waals surface area contributed by atoms with E-state index in [0.717, 1.165) is 38.9 Å². The van der Waals surface area contributed by atoms with Crippen molar-refractivity contribution in [1.29, 1.82) is 0 Å². The lowest BCUT2D eigenvalue weighted by Gasteiger charge is -2.29. The molecule has 7 heteroatoms. The van der Waals surface area contributed by atoms with Crippen LogP contribution in [0.4, 0.5) is 16.3 Å². The number of pyridine rings is 1. The van der Waals surface area contributed by atoms with Crippen molar-refractivity contribution in [3.63, 3.8) is 0 Å². The third-order valence-corrected chi connectivity index (χ3v) is 7.07. The van der Waals surface area contributed by atoms with Gasteiger partial charge >= 0.3 is 6.09 Å². The number of carbonyl (C=O) groups is 1. The molecule has 0 saturated heterocycles. The molecule has 1 aromatic heterocycles. The van der Waals surface area contributed by atoms with Crippen LogP contribution in [0.25, 0.3) is 16.0 Å². The zero-order valence-electron chi connectivity index (χ0n) is 19.4. The molecule has 0 fully saturated rings. The van der Waals surface area contributed by atoms with Crippen molar-refractivity contribution in [3.8, 4) is 11.1 Å². The van der Waals surface area contributed by atoms with E-state index < -0.39 is 6.09 Å². The summed E-state index contributed by atoms with van der Waals surface area (Å²) >= 11 is 12.5. The summed E-state index contributed by atoms with van der Waals surface area (Å²) in [5.41, 5.74) is 7.04. The van der Waals surface area contributed by atoms with Crippen molar-refractivity contribution in [2.45, 2.75) is 25.9 Å². The molecule has 1 unspecified atom stereocenters. The molecule has 1 aliphatic carbocycles. The third-order valence-electron chi connectivity index (χ3n) is 6.33. The van der Waals surface area contributed by atoms with Gasteiger partial charge in [0.25, 0.3) is 0 Å². The maximum Gasteiger partial charge on any atom is 0.412 e. The zero-order valence-corrected chi connectivity index (χ0v) is 20.9. The number of fused-ring (bicyclic) bond motifs is 3. The number of ether oxygens (including phenoxy) is 1. The maximum atomic E-state index is 12.5. The van der Waals surface area contributed by atoms with Crippen LogP contribution in [0.3, 0.4) is 0 Å². The number of hydrogen-bond donors (Lipinski definition) is 1. The predicted octanol–water partition coefficient (Wildman–Crippen LogP) is 8.35. The molecule has 1 N–H and O–H groups in total. The van der Waals surface area contributed by atoms with E-state index in [1.165, 1.54) is 0 Å². The maximum absolute atomic E-state index is 12.5. The van der Waals surface area contributed by atoms with Crippen molar-refractivity contribution in [2.24, 2.45) is 0 Å². The summed E-state index contributed by atoms with van der Waals surface area (Å²) in [6.07, 6.45) is 1.70. The largest absolute Gasteiger partial charge is 0.444 e. The monoisotopic (exact) mass is 513 g/mol. The highest BCUT2D eigenvalue weighted by Gasteiger charge is 2.30. The van der Waals surface area contributed by atoms with Crippen LogP contribution >= 0.6 is 23.2 Å². The molecule has 4 aromatic rings. The second-order valence-electron chi connectivity index (χ2n) is 8.67. The molecule has 1 atom stereocenters. The predicted molar refractivity (Wildman–Crippen MR) is 143 cm³/mol. The normalized spacial score (nSPS) is 13.8. The Morgan fingerprint density at radius 3 is 2.64 bits per heavy atom. The number of benzene rings is 3. The summed E-state index contributed by atoms with van der Waals surface area (Å²) in [6.45, 7) is 10.0. The summed E-state index contributed by atoms with van der Waals surface area (Å²) in [7, 11) is 0. The number of hydrogen-bond acceptors (Lipinski definition) is 3. The summed E-state index contributed by atoms with van der Waals surface area (Å²) < 4.78 is 5.36. The van der Waals surface area contributed by atoms with E-state index in [0.29, 0.717) is 22.2 Å². The summed E-state index contributed by atoms with van der Waals surface area (Å²) in [5.74, 6) is 0.211. The lowest BCUT2D eigenvalue weighted by Crippen LogP contribution is -2.17. The highest BCUT2D eigenvalue weighted by atomic mass is 35.5. The fraction of sp³-hybridized carbons (Fsp3) is 0.138. The van der Waals surface area contributed by atoms with E-state index in [-0.39, 0.29) is 18.3 Å². The van der Waals surface area contributed by atoms with Gasteiger partial charge in [0.2, 0.25) is 5.69 Å². The molecule has 0 saturated carbocycles. The average molecular weight is 514 g/mol. The third kappa shape index (κ3) is 4.66. The summed E-state index contributed by atoms with van der Waals surface area (Å²) in [5, 5.41) is 3.67. The topological polar surface area (TPSA) is 55.6 Å². The Hall–Kier alpha value is -3.85. The number of anilines is 1. The highest BCUT2D eigenvalue weighted by molar-refractivity contribution is 6.42. The second-order valence-corrected chi connectivity index (χ2v) is 9.49. The van der Waals surface area contributed by atoms with Crippen molar-refractivity contribution in [1.82, 2.24) is 4.98 Å². The number of amides is 1. The summed E-state index contributed by atoms with van der Waals surface area (Å²) in [6, 6.07) is 21.4. The Bertz CT molecular complexity index is 1510. The van der Waals surface area contributed by atoms with Gasteiger partial charge in [-0.3, -0.25) is 10.3 Å². The fourth-order valence-corrected chi connectivity index (χ4v) is 4.85. The molecule has 0 radical (unpaired) electrons. The van der Waals surface area contributed by atoms with E-state index >= 15 is 0 Å². The Morgan fingerprint density at radius 2 is 1.89 bits per heavy atom. The van der Waals surface area contributed by atoms with E-state index in [1.54, 1.807) is 12.3 Å². The molecular weight excluding hydrogens is 493 g/mol. The van der Waals surface area contributed by atoms with Gasteiger partial charge in [-0.1, -0.05) is 83.4 Å². The lowest BCUT2D eigenvalue weighted by atomic mass is 9.76. The molecule has 178 valence electrons. The SMILES string of the molecule is [C-]#[N+]c1c(NC(=O)OCc2ccc(C)cc2)ncc2c1-c1ccccc1C(c1ccc(Cl)c(Cl)c1)C2. The minimum Gasteiger partial charge on any atom is -0.444 e. The van der Waals surface area contributed by atoms with Gasteiger partial charge in [0.05, 0.1) is 16.6 Å². The van der Waals surface area contributed by atoms with Gasteiger partial charge in [-0.2, -0.15) is 0 Å². The zero-order chi connectivity index (χ0) is 25.2. The molecule has 0 aliphatic heterocycles. The van der Waals surface area contributed by atoms with Crippen molar-refractivity contribution in [2.75, 3.05) is 5.32 Å². The van der Waals surface area contributed by atoms with Crippen LogP contribution in [-0.4, -0.2) is 11.1 Å². The second kappa shape index (κ2) is 10.0. The van der Waals surface area contributed by atoms with Crippen molar-refractivity contribution < 1.29 is 9.53 Å². The molecule has 1 aliphatic rings. The molecule has 36 heavy (non-hydrogen) atoms. The number of aromatic nitrogens is 1. The van der Waals surface area contributed by atoms with Gasteiger partial charge in [-0.05, 0) is 58.9 Å². The lowest BCUT2D eigenvalue weighted by molar-refractivity contribution is 0.155. The standard InChI is InChI=1S/C29H21Cl2N3O2/c1-17-7-9-18(10-8-17)16-36-29(35)34-28-27(32-2)26-20(15-33-28)13-23(21-5-3-4-6-22(21)26)19-11-12-24(30)25(31)14-19/h3-12,14-15,23H,13,16H2,1H3,(H,33,34,35). The molecule has 5 rings (SSSR count). The minimum atomic E-state index is -0.661. The first-order valence-corrected chi connectivity index (χ1v) is 12.1. The smallest absolute Gasteiger partial charge is 0.412 e. The number of nitrogens with one attached hydrogen (secondary N) is 1. The van der Waals surface area contributed by atoms with Crippen LogP contribution in [0, 0.1) is 13.5 Å². The van der Waals surface area contributed by atoms with Gasteiger partial charge in [0.15, 0.2) is 0 Å².